The molecule has 2 aliphatic rings. The predicted molar refractivity (Wildman–Crippen MR) is 127 cm³/mol. The van der Waals surface area contributed by atoms with Gasteiger partial charge < -0.3 is 5.11 Å². The van der Waals surface area contributed by atoms with Crippen LogP contribution in [0.2, 0.25) is 0 Å². The lowest BCUT2D eigenvalue weighted by Gasteiger charge is -2.20. The molecular weight excluding hydrogens is 454 g/mol. The van der Waals surface area contributed by atoms with Crippen molar-refractivity contribution >= 4 is 32.7 Å². The second kappa shape index (κ2) is 8.75. The maximum Gasteiger partial charge on any atom is 0.263 e. The minimum atomic E-state index is -3.80. The monoisotopic (exact) mass is 477 g/mol. The Morgan fingerprint density at radius 3 is 2.26 bits per heavy atom. The normalized spacial score (nSPS) is 16.8. The molecule has 3 aromatic rings. The lowest BCUT2D eigenvalue weighted by Crippen LogP contribution is -2.32. The van der Waals surface area contributed by atoms with Crippen LogP contribution in [-0.2, 0) is 10.0 Å². The molecule has 0 spiro atoms. The molecule has 2 aromatic carbocycles. The van der Waals surface area contributed by atoms with Gasteiger partial charge in [0.05, 0.1) is 40.4 Å². The van der Waals surface area contributed by atoms with Crippen molar-refractivity contribution in [2.24, 2.45) is 0 Å². The number of carbonyl (C=O) groups excluding carboxylic acids is 2. The molecule has 0 aliphatic carbocycles. The molecular formula is C25H23N3O5S. The second-order valence-corrected chi connectivity index (χ2v) is 10.1. The molecule has 0 saturated carbocycles. The summed E-state index contributed by atoms with van der Waals surface area (Å²) in [4.78, 5) is 32.2. The van der Waals surface area contributed by atoms with Gasteiger partial charge in [-0.15, -0.1) is 0 Å². The molecule has 2 aliphatic heterocycles. The van der Waals surface area contributed by atoms with Crippen molar-refractivity contribution in [3.05, 3.63) is 71.8 Å². The smallest absolute Gasteiger partial charge is 0.263 e. The Labute approximate surface area is 197 Å². The van der Waals surface area contributed by atoms with Crippen LogP contribution >= 0.6 is 0 Å². The van der Waals surface area contributed by atoms with Crippen LogP contribution in [0.5, 0.6) is 0 Å². The van der Waals surface area contributed by atoms with Crippen molar-refractivity contribution in [2.45, 2.75) is 17.7 Å². The second-order valence-electron chi connectivity index (χ2n) is 8.19. The van der Waals surface area contributed by atoms with Crippen LogP contribution in [0.3, 0.4) is 0 Å². The number of hydrogen-bond acceptors (Lipinski definition) is 6. The summed E-state index contributed by atoms with van der Waals surface area (Å²) in [6.45, 7) is 0.227. The van der Waals surface area contributed by atoms with Gasteiger partial charge in [0.25, 0.3) is 11.8 Å². The summed E-state index contributed by atoms with van der Waals surface area (Å²) < 4.78 is 28.2. The quantitative estimate of drug-likeness (QED) is 0.447. The summed E-state index contributed by atoms with van der Waals surface area (Å²) in [7, 11) is -3.80. The first kappa shape index (κ1) is 22.4. The zero-order valence-electron chi connectivity index (χ0n) is 18.3. The highest BCUT2D eigenvalue weighted by molar-refractivity contribution is 7.89. The standard InChI is InChI=1S/C25H23N3O5S/c29-15-14-28-24(30)21-19-16-18(34(32,33)27-12-6-1-2-7-13-27)10-11-20(19)26-23(22(21)25(28)31)17-8-4-3-5-9-17/h1-5,8-11,16,29H,6-7,12-15H2. The summed E-state index contributed by atoms with van der Waals surface area (Å²) >= 11 is 0. The Kier molecular flexibility index (Phi) is 5.76. The summed E-state index contributed by atoms with van der Waals surface area (Å²) in [5.41, 5.74) is 1.70. The van der Waals surface area contributed by atoms with E-state index in [1.54, 1.807) is 18.2 Å². The van der Waals surface area contributed by atoms with Crippen molar-refractivity contribution < 1.29 is 23.1 Å². The minimum absolute atomic E-state index is 0.0548. The van der Waals surface area contributed by atoms with Crippen LogP contribution in [0.1, 0.15) is 33.6 Å². The molecule has 1 aromatic heterocycles. The highest BCUT2D eigenvalue weighted by atomic mass is 32.2. The predicted octanol–water partition coefficient (Wildman–Crippen LogP) is 2.83. The van der Waals surface area contributed by atoms with Gasteiger partial charge >= 0.3 is 0 Å². The van der Waals surface area contributed by atoms with E-state index < -0.39 is 21.8 Å². The molecule has 0 bridgehead atoms. The Morgan fingerprint density at radius 2 is 1.59 bits per heavy atom. The topological polar surface area (TPSA) is 108 Å². The van der Waals surface area contributed by atoms with Gasteiger partial charge in [-0.05, 0) is 31.0 Å². The number of aromatic nitrogens is 1. The van der Waals surface area contributed by atoms with E-state index in [9.17, 15) is 23.1 Å². The molecule has 0 fully saturated rings. The van der Waals surface area contributed by atoms with Crippen LogP contribution in [-0.4, -0.2) is 65.8 Å². The van der Waals surface area contributed by atoms with Gasteiger partial charge in [0.2, 0.25) is 10.0 Å². The Balaban J connectivity index is 1.72. The first-order valence-corrected chi connectivity index (χ1v) is 12.5. The van der Waals surface area contributed by atoms with Gasteiger partial charge in [0.1, 0.15) is 0 Å². The fraction of sp³-hybridized carbons (Fsp3) is 0.240. The highest BCUT2D eigenvalue weighted by Crippen LogP contribution is 2.37. The Morgan fingerprint density at radius 1 is 0.912 bits per heavy atom. The number of nitrogens with zero attached hydrogens (tertiary/aromatic N) is 3. The molecule has 5 rings (SSSR count). The van der Waals surface area contributed by atoms with Gasteiger partial charge in [0, 0.05) is 24.0 Å². The highest BCUT2D eigenvalue weighted by Gasteiger charge is 2.40. The first-order valence-electron chi connectivity index (χ1n) is 11.1. The molecule has 8 nitrogen and oxygen atoms in total. The number of benzene rings is 2. The third-order valence-corrected chi connectivity index (χ3v) is 8.03. The summed E-state index contributed by atoms with van der Waals surface area (Å²) in [6.07, 6.45) is 5.20. The zero-order valence-corrected chi connectivity index (χ0v) is 19.2. The molecule has 0 atom stereocenters. The van der Waals surface area contributed by atoms with Crippen LogP contribution < -0.4 is 0 Å². The molecule has 0 radical (unpaired) electrons. The van der Waals surface area contributed by atoms with Crippen LogP contribution in [0.15, 0.2) is 65.6 Å². The largest absolute Gasteiger partial charge is 0.395 e. The number of pyridine rings is 1. The fourth-order valence-corrected chi connectivity index (χ4v) is 5.97. The summed E-state index contributed by atoms with van der Waals surface area (Å²) in [5, 5.41) is 9.72. The van der Waals surface area contributed by atoms with E-state index in [1.165, 1.54) is 16.4 Å². The SMILES string of the molecule is O=C1c2c(-c3ccccc3)nc3ccc(S(=O)(=O)N4CCC=CCC4)cc3c2C(=O)N1CCO. The van der Waals surface area contributed by atoms with Gasteiger partial charge in [-0.1, -0.05) is 42.5 Å². The summed E-state index contributed by atoms with van der Waals surface area (Å²) in [6, 6.07) is 13.6. The third-order valence-electron chi connectivity index (χ3n) is 6.14. The number of amides is 2. The number of fused-ring (bicyclic) bond motifs is 3. The van der Waals surface area contributed by atoms with E-state index in [4.69, 9.17) is 0 Å². The van der Waals surface area contributed by atoms with Crippen LogP contribution in [0.25, 0.3) is 22.2 Å². The average molecular weight is 478 g/mol. The number of carbonyl (C=O) groups is 2. The van der Waals surface area contributed by atoms with Gasteiger partial charge in [-0.3, -0.25) is 14.5 Å². The molecule has 0 unspecified atom stereocenters. The van der Waals surface area contributed by atoms with Gasteiger partial charge in [0.15, 0.2) is 0 Å². The molecule has 2 amide bonds. The van der Waals surface area contributed by atoms with Crippen LogP contribution in [0, 0.1) is 0 Å². The van der Waals surface area contributed by atoms with Crippen molar-refractivity contribution in [2.75, 3.05) is 26.2 Å². The lowest BCUT2D eigenvalue weighted by atomic mass is 9.98. The maximum atomic E-state index is 13.4. The molecule has 1 N–H and O–H groups in total. The Bertz CT molecular complexity index is 1420. The number of sulfonamides is 1. The number of β-amino-alcohol motifs (C(OH)–C–C–N with tert-alkyl or cyclic N) is 1. The van der Waals surface area contributed by atoms with E-state index in [-0.39, 0.29) is 29.2 Å². The van der Waals surface area contributed by atoms with E-state index in [2.05, 4.69) is 4.98 Å². The Hall–Kier alpha value is -3.40. The van der Waals surface area contributed by atoms with Crippen molar-refractivity contribution in [3.8, 4) is 11.3 Å². The zero-order chi connectivity index (χ0) is 23.9. The average Bonchev–Trinajstić information content (AvgIpc) is 3.04. The number of aliphatic hydroxyl groups is 1. The number of rotatable bonds is 5. The third kappa shape index (κ3) is 3.62. The first-order chi connectivity index (χ1) is 16.4. The summed E-state index contributed by atoms with van der Waals surface area (Å²) in [5.74, 6) is -1.11. The molecule has 174 valence electrons. The van der Waals surface area contributed by atoms with Gasteiger partial charge in [-0.2, -0.15) is 4.31 Å². The lowest BCUT2D eigenvalue weighted by molar-refractivity contribution is 0.0625. The number of imide groups is 1. The van der Waals surface area contributed by atoms with E-state index >= 15 is 0 Å². The van der Waals surface area contributed by atoms with Crippen LogP contribution in [0.4, 0.5) is 0 Å². The van der Waals surface area contributed by atoms with Crippen molar-refractivity contribution in [3.63, 3.8) is 0 Å². The molecule has 34 heavy (non-hydrogen) atoms. The maximum absolute atomic E-state index is 13.4. The van der Waals surface area contributed by atoms with E-state index in [0.717, 1.165) is 4.90 Å². The van der Waals surface area contributed by atoms with Gasteiger partial charge in [-0.25, -0.2) is 13.4 Å². The fourth-order valence-electron chi connectivity index (χ4n) is 4.48. The van der Waals surface area contributed by atoms with E-state index in [0.29, 0.717) is 48.1 Å². The molecule has 9 heteroatoms. The molecule has 0 saturated heterocycles. The number of hydrogen-bond donors (Lipinski definition) is 1. The number of aliphatic hydroxyl groups excluding tert-OH is 1. The minimum Gasteiger partial charge on any atom is -0.395 e. The molecule has 3 heterocycles. The van der Waals surface area contributed by atoms with E-state index in [1.807, 2.05) is 30.4 Å². The van der Waals surface area contributed by atoms with Crippen molar-refractivity contribution in [1.82, 2.24) is 14.2 Å². The van der Waals surface area contributed by atoms with Crippen molar-refractivity contribution in [1.29, 1.82) is 0 Å².